The molecule has 0 spiro atoms. The van der Waals surface area contributed by atoms with E-state index in [2.05, 4.69) is 17.4 Å². The first-order valence-corrected chi connectivity index (χ1v) is 7.24. The molecule has 1 atom stereocenters. The Labute approximate surface area is 119 Å². The Hall–Kier alpha value is -1.71. The number of hydrogen-bond acceptors (Lipinski definition) is 3. The van der Waals surface area contributed by atoms with E-state index >= 15 is 0 Å². The van der Waals surface area contributed by atoms with E-state index in [1.54, 1.807) is 0 Å². The van der Waals surface area contributed by atoms with E-state index < -0.39 is 0 Å². The molecule has 2 aromatic rings. The minimum Gasteiger partial charge on any atom is -0.392 e. The average Bonchev–Trinajstić information content (AvgIpc) is 2.56. The lowest BCUT2D eigenvalue weighted by molar-refractivity contribution is 0.282. The normalized spacial score (nSPS) is 18.9. The monoisotopic (exact) mass is 268 g/mol. The number of nitrogens with one attached hydrogen (secondary N) is 1. The first-order valence-electron chi connectivity index (χ1n) is 7.24. The van der Waals surface area contributed by atoms with Crippen LogP contribution in [0.3, 0.4) is 0 Å². The highest BCUT2D eigenvalue weighted by Gasteiger charge is 2.16. The van der Waals surface area contributed by atoms with Crippen LogP contribution in [-0.4, -0.2) is 23.2 Å². The molecule has 0 bridgehead atoms. The molecule has 2 N–H and O–H groups in total. The molecule has 1 fully saturated rings. The first-order chi connectivity index (χ1) is 9.86. The fraction of sp³-hybridized carbons (Fsp3) is 0.353. The van der Waals surface area contributed by atoms with Gasteiger partial charge in [-0.3, -0.25) is 4.98 Å². The van der Waals surface area contributed by atoms with Gasteiger partial charge in [0.05, 0.1) is 12.3 Å². The van der Waals surface area contributed by atoms with Gasteiger partial charge in [-0.25, -0.2) is 0 Å². The number of aromatic nitrogens is 1. The predicted octanol–water partition coefficient (Wildman–Crippen LogP) is 2.71. The summed E-state index contributed by atoms with van der Waals surface area (Å²) in [6, 6.07) is 14.2. The van der Waals surface area contributed by atoms with Gasteiger partial charge < -0.3 is 10.4 Å². The first kappa shape index (κ1) is 13.3. The molecule has 1 aliphatic heterocycles. The maximum absolute atomic E-state index is 9.09. The van der Waals surface area contributed by atoms with E-state index in [4.69, 9.17) is 10.1 Å². The molecule has 1 aliphatic rings. The lowest BCUT2D eigenvalue weighted by Crippen LogP contribution is -2.28. The lowest BCUT2D eigenvalue weighted by Gasteiger charge is -2.22. The summed E-state index contributed by atoms with van der Waals surface area (Å²) in [4.78, 5) is 4.82. The second kappa shape index (κ2) is 6.16. The quantitative estimate of drug-likeness (QED) is 0.899. The predicted molar refractivity (Wildman–Crippen MR) is 80.4 cm³/mol. The van der Waals surface area contributed by atoms with Crippen LogP contribution in [0.25, 0.3) is 11.3 Å². The van der Waals surface area contributed by atoms with Gasteiger partial charge in [0.2, 0.25) is 0 Å². The zero-order chi connectivity index (χ0) is 13.8. The molecule has 0 radical (unpaired) electrons. The van der Waals surface area contributed by atoms with Crippen molar-refractivity contribution in [1.29, 1.82) is 0 Å². The smallest absolute Gasteiger partial charge is 0.0705 e. The summed E-state index contributed by atoms with van der Waals surface area (Å²) < 4.78 is 0. The van der Waals surface area contributed by atoms with Gasteiger partial charge in [0.1, 0.15) is 0 Å². The van der Waals surface area contributed by atoms with Gasteiger partial charge in [0.25, 0.3) is 0 Å². The highest BCUT2D eigenvalue weighted by molar-refractivity contribution is 5.59. The molecule has 0 saturated carbocycles. The molecule has 3 heteroatoms. The Kier molecular flexibility index (Phi) is 4.09. The van der Waals surface area contributed by atoms with Crippen molar-refractivity contribution in [2.75, 3.05) is 13.1 Å². The maximum Gasteiger partial charge on any atom is 0.0705 e. The van der Waals surface area contributed by atoms with Crippen LogP contribution < -0.4 is 5.32 Å². The molecule has 104 valence electrons. The molecular weight excluding hydrogens is 248 g/mol. The Morgan fingerprint density at radius 3 is 2.70 bits per heavy atom. The van der Waals surface area contributed by atoms with Crippen molar-refractivity contribution in [2.24, 2.45) is 0 Å². The summed E-state index contributed by atoms with van der Waals surface area (Å²) in [7, 11) is 0. The molecule has 0 aliphatic carbocycles. The molecular formula is C17H20N2O. The fourth-order valence-corrected chi connectivity index (χ4v) is 2.72. The largest absolute Gasteiger partial charge is 0.392 e. The van der Waals surface area contributed by atoms with Gasteiger partial charge in [-0.2, -0.15) is 0 Å². The van der Waals surface area contributed by atoms with Crippen LogP contribution in [0, 0.1) is 0 Å². The number of nitrogens with zero attached hydrogens (tertiary/aromatic N) is 1. The maximum atomic E-state index is 9.09. The fourth-order valence-electron chi connectivity index (χ4n) is 2.72. The highest BCUT2D eigenvalue weighted by Crippen LogP contribution is 2.24. The van der Waals surface area contributed by atoms with Crippen LogP contribution in [0.1, 0.15) is 30.0 Å². The summed E-state index contributed by atoms with van der Waals surface area (Å²) in [5.41, 5.74) is 4.23. The standard InChI is InChI=1S/C17H20N2O/c20-12-13-6-8-14(9-7-13)16-4-1-5-17(19-16)15-3-2-10-18-11-15/h1,4-9,15,18,20H,2-3,10-12H2/t15-/m1/s1. The number of hydrogen-bond donors (Lipinski definition) is 2. The van der Waals surface area contributed by atoms with Gasteiger partial charge in [0, 0.05) is 23.7 Å². The molecule has 20 heavy (non-hydrogen) atoms. The van der Waals surface area contributed by atoms with E-state index in [1.165, 1.54) is 18.5 Å². The third-order valence-electron chi connectivity index (χ3n) is 3.92. The summed E-state index contributed by atoms with van der Waals surface area (Å²) in [5, 5.41) is 12.5. The van der Waals surface area contributed by atoms with Gasteiger partial charge in [-0.15, -0.1) is 0 Å². The Morgan fingerprint density at radius 1 is 1.15 bits per heavy atom. The molecule has 2 heterocycles. The number of aliphatic hydroxyl groups is 1. The molecule has 3 nitrogen and oxygen atoms in total. The van der Waals surface area contributed by atoms with E-state index in [1.807, 2.05) is 30.3 Å². The molecule has 1 aromatic heterocycles. The number of aliphatic hydroxyl groups excluding tert-OH is 1. The van der Waals surface area contributed by atoms with Gasteiger partial charge in [-0.05, 0) is 37.1 Å². The third kappa shape index (κ3) is 2.89. The SMILES string of the molecule is OCc1ccc(-c2cccc([C@@H]3CCCNC3)n2)cc1. The summed E-state index contributed by atoms with van der Waals surface area (Å²) in [6.07, 6.45) is 2.44. The third-order valence-corrected chi connectivity index (χ3v) is 3.92. The van der Waals surface area contributed by atoms with Crippen LogP contribution in [0.15, 0.2) is 42.5 Å². The molecule has 0 unspecified atom stereocenters. The summed E-state index contributed by atoms with van der Waals surface area (Å²) >= 11 is 0. The van der Waals surface area contributed by atoms with E-state index in [0.29, 0.717) is 5.92 Å². The Balaban J connectivity index is 1.85. The van der Waals surface area contributed by atoms with Crippen molar-refractivity contribution in [3.8, 4) is 11.3 Å². The molecule has 3 rings (SSSR count). The van der Waals surface area contributed by atoms with Gasteiger partial charge >= 0.3 is 0 Å². The zero-order valence-corrected chi connectivity index (χ0v) is 11.5. The molecule has 1 aromatic carbocycles. The number of benzene rings is 1. The van der Waals surface area contributed by atoms with Crippen molar-refractivity contribution in [3.63, 3.8) is 0 Å². The average molecular weight is 268 g/mol. The van der Waals surface area contributed by atoms with Crippen molar-refractivity contribution in [3.05, 3.63) is 53.7 Å². The Morgan fingerprint density at radius 2 is 2.00 bits per heavy atom. The van der Waals surface area contributed by atoms with Crippen molar-refractivity contribution in [1.82, 2.24) is 10.3 Å². The topological polar surface area (TPSA) is 45.1 Å². The minimum atomic E-state index is 0.0848. The second-order valence-corrected chi connectivity index (χ2v) is 5.35. The van der Waals surface area contributed by atoms with Crippen LogP contribution in [-0.2, 0) is 6.61 Å². The number of rotatable bonds is 3. The highest BCUT2D eigenvalue weighted by atomic mass is 16.3. The summed E-state index contributed by atoms with van der Waals surface area (Å²) in [5.74, 6) is 0.528. The van der Waals surface area contributed by atoms with Crippen molar-refractivity contribution < 1.29 is 5.11 Å². The van der Waals surface area contributed by atoms with Crippen LogP contribution in [0.2, 0.25) is 0 Å². The van der Waals surface area contributed by atoms with Gasteiger partial charge in [-0.1, -0.05) is 30.3 Å². The van der Waals surface area contributed by atoms with E-state index in [9.17, 15) is 0 Å². The van der Waals surface area contributed by atoms with Crippen molar-refractivity contribution >= 4 is 0 Å². The molecule has 0 amide bonds. The zero-order valence-electron chi connectivity index (χ0n) is 11.5. The Bertz CT molecular complexity index is 559. The molecule has 1 saturated heterocycles. The van der Waals surface area contributed by atoms with Crippen molar-refractivity contribution in [2.45, 2.75) is 25.4 Å². The number of piperidine rings is 1. The number of pyridine rings is 1. The lowest BCUT2D eigenvalue weighted by atomic mass is 9.95. The van der Waals surface area contributed by atoms with Crippen LogP contribution in [0.5, 0.6) is 0 Å². The minimum absolute atomic E-state index is 0.0848. The van der Waals surface area contributed by atoms with Crippen LogP contribution in [0.4, 0.5) is 0 Å². The van der Waals surface area contributed by atoms with E-state index in [0.717, 1.165) is 29.9 Å². The summed E-state index contributed by atoms with van der Waals surface area (Å²) in [6.45, 7) is 2.24. The second-order valence-electron chi connectivity index (χ2n) is 5.35. The van der Waals surface area contributed by atoms with Crippen LogP contribution >= 0.6 is 0 Å². The van der Waals surface area contributed by atoms with E-state index in [-0.39, 0.29) is 6.61 Å². The van der Waals surface area contributed by atoms with Gasteiger partial charge in [0.15, 0.2) is 0 Å².